The van der Waals surface area contributed by atoms with Gasteiger partial charge in [0.2, 0.25) is 0 Å². The van der Waals surface area contributed by atoms with Crippen molar-refractivity contribution in [2.45, 2.75) is 71.2 Å². The molecule has 1 fully saturated rings. The molecule has 0 N–H and O–H groups in total. The highest BCUT2D eigenvalue weighted by Gasteiger charge is 2.50. The van der Waals surface area contributed by atoms with Gasteiger partial charge in [-0.1, -0.05) is 16.0 Å². The lowest BCUT2D eigenvalue weighted by atomic mass is 9.75. The molecule has 1 aromatic heterocycles. The van der Waals surface area contributed by atoms with Crippen LogP contribution in [0.15, 0.2) is 4.40 Å². The van der Waals surface area contributed by atoms with Crippen LogP contribution in [0.25, 0.3) is 0 Å². The monoisotopic (exact) mass is 445 g/mol. The van der Waals surface area contributed by atoms with Crippen LogP contribution < -0.4 is 0 Å². The van der Waals surface area contributed by atoms with Crippen molar-refractivity contribution in [2.75, 3.05) is 13.1 Å². The van der Waals surface area contributed by atoms with Crippen LogP contribution in [0.4, 0.5) is 4.79 Å². The van der Waals surface area contributed by atoms with Gasteiger partial charge in [0, 0.05) is 24.9 Å². The summed E-state index contributed by atoms with van der Waals surface area (Å²) in [6.07, 6.45) is 1.93. The van der Waals surface area contributed by atoms with Crippen LogP contribution >= 0.6 is 22.9 Å². The molecule has 1 amide bonds. The van der Waals surface area contributed by atoms with E-state index in [0.717, 1.165) is 35.5 Å². The van der Waals surface area contributed by atoms with Crippen molar-refractivity contribution < 1.29 is 14.1 Å². The number of aromatic nitrogens is 1. The standard InChI is InChI=1S/C19H28ClN3O3S2/c1-17(2,3)26-16(24)23-9-7-19(8-10-23)11-12-13(27-15(20)21-12)14(19)22-28(25)18(4,5)6/h7-11H2,1-6H3/b22-14+/t28-/m1/s1. The van der Waals surface area contributed by atoms with Crippen molar-refractivity contribution in [1.82, 2.24) is 9.88 Å². The van der Waals surface area contributed by atoms with Crippen LogP contribution in [0.1, 0.15) is 65.0 Å². The SMILES string of the molecule is CC(C)(C)OC(=O)N1CCC2(CC1)Cc1nc(Cl)sc1/C2=N\[S@+]([O-])C(C)(C)C. The maximum Gasteiger partial charge on any atom is 0.410 e. The number of nitrogens with zero attached hydrogens (tertiary/aromatic N) is 3. The van der Waals surface area contributed by atoms with Crippen LogP contribution in [0.2, 0.25) is 4.47 Å². The zero-order valence-corrected chi connectivity index (χ0v) is 19.7. The second-order valence-corrected chi connectivity index (χ2v) is 13.0. The van der Waals surface area contributed by atoms with E-state index >= 15 is 0 Å². The van der Waals surface area contributed by atoms with Gasteiger partial charge in [-0.2, -0.15) is 0 Å². The second kappa shape index (κ2) is 7.45. The van der Waals surface area contributed by atoms with E-state index in [1.54, 1.807) is 4.90 Å². The van der Waals surface area contributed by atoms with Gasteiger partial charge >= 0.3 is 6.09 Å². The minimum absolute atomic E-state index is 0.238. The first kappa shape index (κ1) is 21.9. The summed E-state index contributed by atoms with van der Waals surface area (Å²) in [7, 11) is 0. The largest absolute Gasteiger partial charge is 0.591 e. The first-order chi connectivity index (χ1) is 12.8. The number of likely N-dealkylation sites (tertiary alicyclic amines) is 1. The number of carbonyl (C=O) groups excluding carboxylic acids is 1. The molecule has 0 saturated carbocycles. The maximum atomic E-state index is 12.8. The molecule has 6 nitrogen and oxygen atoms in total. The van der Waals surface area contributed by atoms with Crippen molar-refractivity contribution >= 4 is 46.1 Å². The van der Waals surface area contributed by atoms with Gasteiger partial charge in [0.25, 0.3) is 0 Å². The number of fused-ring (bicyclic) bond motifs is 1. The molecule has 28 heavy (non-hydrogen) atoms. The van der Waals surface area contributed by atoms with E-state index in [0.29, 0.717) is 17.6 Å². The first-order valence-corrected chi connectivity index (χ1v) is 11.8. The van der Waals surface area contributed by atoms with Gasteiger partial charge in [0.1, 0.15) is 27.4 Å². The van der Waals surface area contributed by atoms with Crippen LogP contribution in [0.5, 0.6) is 0 Å². The van der Waals surface area contributed by atoms with E-state index in [1.807, 2.05) is 41.5 Å². The lowest BCUT2D eigenvalue weighted by Crippen LogP contribution is -2.47. The van der Waals surface area contributed by atoms with Crippen LogP contribution in [0.3, 0.4) is 0 Å². The topological polar surface area (TPSA) is 77.8 Å². The predicted molar refractivity (Wildman–Crippen MR) is 115 cm³/mol. The number of halogens is 1. The van der Waals surface area contributed by atoms with E-state index in [2.05, 4.69) is 9.38 Å². The Labute approximate surface area is 179 Å². The molecule has 3 rings (SSSR count). The molecule has 1 aliphatic heterocycles. The third-order valence-electron chi connectivity index (χ3n) is 4.96. The van der Waals surface area contributed by atoms with E-state index in [9.17, 15) is 9.35 Å². The fourth-order valence-corrected chi connectivity index (χ4v) is 5.52. The van der Waals surface area contributed by atoms with Gasteiger partial charge in [-0.15, -0.1) is 11.3 Å². The van der Waals surface area contributed by atoms with Gasteiger partial charge in [0.15, 0.2) is 4.47 Å². The maximum absolute atomic E-state index is 12.8. The van der Waals surface area contributed by atoms with E-state index in [-0.39, 0.29) is 11.5 Å². The summed E-state index contributed by atoms with van der Waals surface area (Å²) in [5, 5.41) is 0. The molecule has 0 unspecified atom stereocenters. The summed E-state index contributed by atoms with van der Waals surface area (Å²) < 4.78 is 23.0. The summed E-state index contributed by atoms with van der Waals surface area (Å²) in [5.41, 5.74) is 1.04. The molecule has 0 radical (unpaired) electrons. The molecule has 0 aromatic carbocycles. The second-order valence-electron chi connectivity index (χ2n) is 9.47. The number of hydrogen-bond donors (Lipinski definition) is 0. The molecule has 2 aliphatic rings. The van der Waals surface area contributed by atoms with Gasteiger partial charge in [-0.3, -0.25) is 0 Å². The van der Waals surface area contributed by atoms with Crippen LogP contribution in [-0.4, -0.2) is 49.7 Å². The normalized spacial score (nSPS) is 21.9. The zero-order valence-electron chi connectivity index (χ0n) is 17.3. The Kier molecular flexibility index (Phi) is 5.82. The summed E-state index contributed by atoms with van der Waals surface area (Å²) in [6.45, 7) is 12.5. The highest BCUT2D eigenvalue weighted by Crippen LogP contribution is 2.48. The molecule has 0 bridgehead atoms. The van der Waals surface area contributed by atoms with E-state index in [4.69, 9.17) is 16.3 Å². The molecular weight excluding hydrogens is 418 g/mol. The first-order valence-electron chi connectivity index (χ1n) is 9.45. The molecular formula is C19H28ClN3O3S2. The van der Waals surface area contributed by atoms with Crippen molar-refractivity contribution in [3.8, 4) is 0 Å². The molecule has 1 aliphatic carbocycles. The number of amides is 1. The number of carbonyl (C=O) groups is 1. The zero-order chi connectivity index (χ0) is 20.9. The molecule has 2 heterocycles. The summed E-state index contributed by atoms with van der Waals surface area (Å²) >= 11 is 6.17. The number of hydrogen-bond acceptors (Lipinski definition) is 6. The summed E-state index contributed by atoms with van der Waals surface area (Å²) in [5.74, 6) is 0. The molecule has 9 heteroatoms. The Morgan fingerprint density at radius 3 is 2.43 bits per heavy atom. The number of thiazole rings is 1. The Morgan fingerprint density at radius 1 is 1.29 bits per heavy atom. The average molecular weight is 446 g/mol. The molecule has 1 spiro atoms. The minimum Gasteiger partial charge on any atom is -0.591 e. The smallest absolute Gasteiger partial charge is 0.410 e. The number of ether oxygens (including phenoxy) is 1. The third-order valence-corrected chi connectivity index (χ3v) is 7.57. The fourth-order valence-electron chi connectivity index (χ4n) is 3.49. The van der Waals surface area contributed by atoms with Crippen LogP contribution in [-0.2, 0) is 22.5 Å². The van der Waals surface area contributed by atoms with E-state index < -0.39 is 21.7 Å². The van der Waals surface area contributed by atoms with Crippen molar-refractivity contribution in [1.29, 1.82) is 0 Å². The van der Waals surface area contributed by atoms with Crippen molar-refractivity contribution in [2.24, 2.45) is 9.81 Å². The van der Waals surface area contributed by atoms with Gasteiger partial charge in [-0.25, -0.2) is 9.78 Å². The number of rotatable bonds is 1. The highest BCUT2D eigenvalue weighted by molar-refractivity contribution is 7.91. The summed E-state index contributed by atoms with van der Waals surface area (Å²) in [4.78, 5) is 19.6. The van der Waals surface area contributed by atoms with Crippen molar-refractivity contribution in [3.05, 3.63) is 15.0 Å². The van der Waals surface area contributed by atoms with Gasteiger partial charge < -0.3 is 14.2 Å². The Bertz CT molecular complexity index is 787. The Balaban J connectivity index is 1.84. The lowest BCUT2D eigenvalue weighted by molar-refractivity contribution is 0.0159. The van der Waals surface area contributed by atoms with Crippen LogP contribution in [0, 0.1) is 5.41 Å². The highest BCUT2D eigenvalue weighted by atomic mass is 35.5. The van der Waals surface area contributed by atoms with E-state index in [1.165, 1.54) is 11.3 Å². The average Bonchev–Trinajstić information content (AvgIpc) is 3.00. The van der Waals surface area contributed by atoms with Gasteiger partial charge in [0.05, 0.1) is 10.6 Å². The Hall–Kier alpha value is -0.830. The Morgan fingerprint density at radius 2 is 1.89 bits per heavy atom. The fraction of sp³-hybridized carbons (Fsp3) is 0.737. The lowest BCUT2D eigenvalue weighted by Gasteiger charge is -2.39. The minimum atomic E-state index is -1.37. The quantitative estimate of drug-likeness (QED) is 0.591. The predicted octanol–water partition coefficient (Wildman–Crippen LogP) is 4.62. The van der Waals surface area contributed by atoms with Crippen molar-refractivity contribution in [3.63, 3.8) is 0 Å². The molecule has 156 valence electrons. The molecule has 1 saturated heterocycles. The van der Waals surface area contributed by atoms with Gasteiger partial charge in [-0.05, 0) is 54.4 Å². The summed E-state index contributed by atoms with van der Waals surface area (Å²) in [6, 6.07) is 0. The molecule has 1 aromatic rings. The number of piperidine rings is 1. The third kappa shape index (κ3) is 4.50. The molecule has 1 atom stereocenters.